The Hall–Kier alpha value is -7.99. The summed E-state index contributed by atoms with van der Waals surface area (Å²) >= 11 is 0. The lowest BCUT2D eigenvalue weighted by Crippen LogP contribution is -2.54. The first-order valence-electron chi connectivity index (χ1n) is 27.3. The van der Waals surface area contributed by atoms with E-state index in [2.05, 4.69) is 80.0 Å². The summed E-state index contributed by atoms with van der Waals surface area (Å²) in [4.78, 5) is 114. The molecule has 5 aromatic rings. The molecule has 2 unspecified atom stereocenters. The molecule has 5 N–H and O–H groups in total. The van der Waals surface area contributed by atoms with Crippen LogP contribution in [0.3, 0.4) is 0 Å². The predicted octanol–water partition coefficient (Wildman–Crippen LogP) is 8.05. The standard InChI is InChI=1S/C61H74N10O8/c1-10-61(8,37-60(6,7)27-29-62-50(73)35-63-46-16-12-14-44-51(46)57(78)71(56(44)77)48-25-26-49(72)67-54(48)75)28-30-69-31-33-70(34-32-69)55(76)40-19-23-42(24-20-40)64-52-58(79)68(9)36-47(65-52)43-13-11-15-45(38(43)2)66-53(74)39-17-21-41(22-18-39)59(3,4)5/h11-24,36,48,63H,10,25-35,37H2,1-9H3,(H,62,73)(H,64,65)(H,66,74)(H,67,72,75). The van der Waals surface area contributed by atoms with Gasteiger partial charge in [-0.3, -0.25) is 53.5 Å². The first-order valence-corrected chi connectivity index (χ1v) is 27.3. The molecule has 416 valence electrons. The molecule has 4 aromatic carbocycles. The van der Waals surface area contributed by atoms with Gasteiger partial charge in [0.15, 0.2) is 5.82 Å². The second-order valence-electron chi connectivity index (χ2n) is 23.4. The van der Waals surface area contributed by atoms with Gasteiger partial charge in [-0.1, -0.05) is 85.2 Å². The van der Waals surface area contributed by atoms with Crippen molar-refractivity contribution in [3.63, 3.8) is 0 Å². The third-order valence-corrected chi connectivity index (χ3v) is 15.8. The molecule has 0 aliphatic carbocycles. The number of hydrogen-bond acceptors (Lipinski definition) is 12. The van der Waals surface area contributed by atoms with E-state index in [0.717, 1.165) is 66.9 Å². The molecular formula is C61H74N10O8. The summed E-state index contributed by atoms with van der Waals surface area (Å²) in [5.41, 5.74) is 5.75. The molecule has 1 aromatic heterocycles. The number of hydrogen-bond donors (Lipinski definition) is 5. The Morgan fingerprint density at radius 3 is 2.09 bits per heavy atom. The second-order valence-corrected chi connectivity index (χ2v) is 23.4. The number of carbonyl (C=O) groups excluding carboxylic acids is 7. The Morgan fingerprint density at radius 2 is 1.43 bits per heavy atom. The number of amides is 7. The van der Waals surface area contributed by atoms with Gasteiger partial charge in [0.25, 0.3) is 29.2 Å². The molecule has 3 aliphatic rings. The van der Waals surface area contributed by atoms with Crippen molar-refractivity contribution in [3.8, 4) is 11.3 Å². The molecule has 0 saturated carbocycles. The maximum Gasteiger partial charge on any atom is 0.293 e. The van der Waals surface area contributed by atoms with Crippen LogP contribution >= 0.6 is 0 Å². The van der Waals surface area contributed by atoms with Crippen LogP contribution in [0.25, 0.3) is 11.3 Å². The van der Waals surface area contributed by atoms with Crippen LogP contribution in [-0.2, 0) is 26.8 Å². The van der Waals surface area contributed by atoms with E-state index in [1.807, 2.05) is 54.3 Å². The van der Waals surface area contributed by atoms with Gasteiger partial charge in [0, 0.05) is 86.1 Å². The zero-order chi connectivity index (χ0) is 57.0. The predicted molar refractivity (Wildman–Crippen MR) is 305 cm³/mol. The van der Waals surface area contributed by atoms with Crippen LogP contribution < -0.4 is 32.1 Å². The van der Waals surface area contributed by atoms with Crippen LogP contribution in [0.1, 0.15) is 140 Å². The third kappa shape index (κ3) is 13.3. The quantitative estimate of drug-likeness (QED) is 0.0496. The number of piperidine rings is 1. The Morgan fingerprint density at radius 1 is 0.772 bits per heavy atom. The van der Waals surface area contributed by atoms with E-state index in [9.17, 15) is 38.4 Å². The van der Waals surface area contributed by atoms with Gasteiger partial charge < -0.3 is 30.7 Å². The van der Waals surface area contributed by atoms with Gasteiger partial charge in [-0.2, -0.15) is 0 Å². The lowest BCUT2D eigenvalue weighted by molar-refractivity contribution is -0.136. The van der Waals surface area contributed by atoms with Crippen LogP contribution in [0.15, 0.2) is 95.9 Å². The van der Waals surface area contributed by atoms with Crippen molar-refractivity contribution in [2.24, 2.45) is 17.9 Å². The number of imide groups is 2. The zero-order valence-electron chi connectivity index (χ0n) is 46.9. The first-order chi connectivity index (χ1) is 37.4. The molecule has 0 spiro atoms. The Balaban J connectivity index is 0.778. The van der Waals surface area contributed by atoms with Gasteiger partial charge in [-0.15, -0.1) is 0 Å². The van der Waals surface area contributed by atoms with E-state index in [1.54, 1.807) is 49.6 Å². The Labute approximate surface area is 462 Å². The number of anilines is 4. The van der Waals surface area contributed by atoms with Crippen LogP contribution in [0.2, 0.25) is 0 Å². The summed E-state index contributed by atoms with van der Waals surface area (Å²) in [6.07, 6.45) is 5.41. The summed E-state index contributed by atoms with van der Waals surface area (Å²) < 4.78 is 1.47. The molecule has 18 nitrogen and oxygen atoms in total. The van der Waals surface area contributed by atoms with Gasteiger partial charge >= 0.3 is 0 Å². The fraction of sp³-hybridized carbons (Fsp3) is 0.426. The minimum absolute atomic E-state index is 0.0231. The number of nitrogens with zero attached hydrogens (tertiary/aromatic N) is 5. The van der Waals surface area contributed by atoms with Gasteiger partial charge in [0.05, 0.1) is 23.4 Å². The van der Waals surface area contributed by atoms with Crippen molar-refractivity contribution in [3.05, 3.63) is 135 Å². The zero-order valence-corrected chi connectivity index (χ0v) is 46.9. The SMILES string of the molecule is CCC(C)(CCN1CCN(C(=O)c2ccc(Nc3nc(-c4cccc(NC(=O)c5ccc(C(C)(C)C)cc5)c4C)cn(C)c3=O)cc2)CC1)CC(C)(C)CCNC(=O)CNc1cccc2c1C(=O)N(C1CCC(=O)NC1=O)C2=O. The van der Waals surface area contributed by atoms with E-state index < -0.39 is 29.7 Å². The van der Waals surface area contributed by atoms with Crippen molar-refractivity contribution >= 4 is 64.2 Å². The van der Waals surface area contributed by atoms with Crippen molar-refractivity contribution < 1.29 is 33.6 Å². The summed E-state index contributed by atoms with van der Waals surface area (Å²) in [6.45, 7) is 21.2. The summed E-state index contributed by atoms with van der Waals surface area (Å²) in [5, 5.41) is 14.4. The monoisotopic (exact) mass is 1070 g/mol. The number of nitrogens with one attached hydrogen (secondary N) is 5. The topological polar surface area (TPSA) is 224 Å². The number of aromatic nitrogens is 2. The van der Waals surface area contributed by atoms with Crippen molar-refractivity contribution in [1.29, 1.82) is 0 Å². The fourth-order valence-corrected chi connectivity index (χ4v) is 10.9. The van der Waals surface area contributed by atoms with E-state index in [0.29, 0.717) is 53.5 Å². The lowest BCUT2D eigenvalue weighted by atomic mass is 9.69. The third-order valence-electron chi connectivity index (χ3n) is 15.8. The second kappa shape index (κ2) is 23.5. The van der Waals surface area contributed by atoms with E-state index in [1.165, 1.54) is 10.6 Å². The fourth-order valence-electron chi connectivity index (χ4n) is 10.9. The van der Waals surface area contributed by atoms with Gasteiger partial charge in [0.2, 0.25) is 17.7 Å². The number of benzene rings is 4. The molecule has 2 fully saturated rings. The van der Waals surface area contributed by atoms with Gasteiger partial charge in [-0.05, 0) is 121 Å². The van der Waals surface area contributed by atoms with Gasteiger partial charge in [-0.25, -0.2) is 4.98 Å². The minimum Gasteiger partial charge on any atom is -0.375 e. The average Bonchev–Trinajstić information content (AvgIpc) is 3.81. The van der Waals surface area contributed by atoms with E-state index in [4.69, 9.17) is 4.98 Å². The van der Waals surface area contributed by atoms with Crippen molar-refractivity contribution in [2.45, 2.75) is 105 Å². The number of aryl methyl sites for hydroxylation is 1. The smallest absolute Gasteiger partial charge is 0.293 e. The highest BCUT2D eigenvalue weighted by Gasteiger charge is 2.46. The average molecular weight is 1080 g/mol. The molecule has 7 amide bonds. The summed E-state index contributed by atoms with van der Waals surface area (Å²) in [6, 6.07) is 24.0. The summed E-state index contributed by atoms with van der Waals surface area (Å²) in [5.74, 6) is -2.80. The molecule has 0 bridgehead atoms. The van der Waals surface area contributed by atoms with Gasteiger partial charge in [0.1, 0.15) is 6.04 Å². The highest BCUT2D eigenvalue weighted by Crippen LogP contribution is 2.41. The Kier molecular flexibility index (Phi) is 17.0. The lowest BCUT2D eigenvalue weighted by Gasteiger charge is -2.40. The number of fused-ring (bicyclic) bond motifs is 1. The molecule has 79 heavy (non-hydrogen) atoms. The number of carbonyl (C=O) groups is 7. The largest absolute Gasteiger partial charge is 0.375 e. The number of piperazine rings is 1. The first kappa shape index (κ1) is 57.2. The molecule has 4 heterocycles. The maximum absolute atomic E-state index is 13.7. The van der Waals surface area contributed by atoms with Crippen molar-refractivity contribution in [2.75, 3.05) is 61.8 Å². The Bertz CT molecular complexity index is 3230. The normalized spacial score (nSPS) is 16.7. The molecule has 18 heteroatoms. The molecule has 0 radical (unpaired) electrons. The molecular weight excluding hydrogens is 1000 g/mol. The molecule has 2 saturated heterocycles. The van der Waals surface area contributed by atoms with Crippen LogP contribution in [0, 0.1) is 17.8 Å². The van der Waals surface area contributed by atoms with E-state index in [-0.39, 0.29) is 75.9 Å². The highest BCUT2D eigenvalue weighted by molar-refractivity contribution is 6.25. The van der Waals surface area contributed by atoms with E-state index >= 15 is 0 Å². The van der Waals surface area contributed by atoms with Crippen LogP contribution in [0.5, 0.6) is 0 Å². The number of rotatable bonds is 19. The summed E-state index contributed by atoms with van der Waals surface area (Å²) in [7, 11) is 1.67. The molecule has 2 atom stereocenters. The van der Waals surface area contributed by atoms with Crippen LogP contribution in [0.4, 0.5) is 22.9 Å². The molecule has 3 aliphatic heterocycles. The van der Waals surface area contributed by atoms with Crippen molar-refractivity contribution in [1.82, 2.24) is 34.9 Å². The van der Waals surface area contributed by atoms with Crippen LogP contribution in [-0.4, -0.2) is 117 Å². The molecule has 8 rings (SSSR count). The highest BCUT2D eigenvalue weighted by atomic mass is 16.2. The maximum atomic E-state index is 13.7. The minimum atomic E-state index is -1.08.